The van der Waals surface area contributed by atoms with E-state index in [2.05, 4.69) is 4.99 Å². The van der Waals surface area contributed by atoms with Crippen LogP contribution in [0.4, 0.5) is 0 Å². The second-order valence-corrected chi connectivity index (χ2v) is 10.7. The molecule has 2 aliphatic heterocycles. The molecule has 2 unspecified atom stereocenters. The molecule has 2 aromatic carbocycles. The summed E-state index contributed by atoms with van der Waals surface area (Å²) in [6.45, 7) is 2.55. The summed E-state index contributed by atoms with van der Waals surface area (Å²) in [7, 11) is -3.04. The van der Waals surface area contributed by atoms with Gasteiger partial charge in [0, 0.05) is 11.8 Å². The van der Waals surface area contributed by atoms with Gasteiger partial charge < -0.3 is 4.90 Å². The second-order valence-electron chi connectivity index (χ2n) is 7.37. The first-order valence-corrected chi connectivity index (χ1v) is 11.9. The van der Waals surface area contributed by atoms with Crippen molar-refractivity contribution in [2.24, 2.45) is 4.99 Å². The number of carbonyl (C=O) groups is 1. The summed E-state index contributed by atoms with van der Waals surface area (Å²) < 4.78 is 24.2. The number of hydrogen-bond donors (Lipinski definition) is 0. The number of hydrogen-bond acceptors (Lipinski definition) is 4. The van der Waals surface area contributed by atoms with Crippen LogP contribution in [-0.2, 0) is 27.6 Å². The minimum atomic E-state index is -3.04. The van der Waals surface area contributed by atoms with Crippen molar-refractivity contribution in [1.29, 1.82) is 0 Å². The highest BCUT2D eigenvalue weighted by molar-refractivity contribution is 8.15. The molecule has 0 aromatic heterocycles. The number of benzene rings is 2. The summed E-state index contributed by atoms with van der Waals surface area (Å²) in [5.41, 5.74) is 3.13. The molecular formula is C21H22N2O3S2. The van der Waals surface area contributed by atoms with Crippen molar-refractivity contribution in [2.75, 3.05) is 11.5 Å². The molecule has 1 amide bonds. The molecule has 7 heteroatoms. The first-order valence-electron chi connectivity index (χ1n) is 9.24. The Morgan fingerprint density at radius 2 is 1.86 bits per heavy atom. The first kappa shape index (κ1) is 19.2. The van der Waals surface area contributed by atoms with Crippen molar-refractivity contribution >= 4 is 32.7 Å². The van der Waals surface area contributed by atoms with Gasteiger partial charge in [-0.2, -0.15) is 4.99 Å². The average molecular weight is 415 g/mol. The molecule has 2 heterocycles. The molecule has 146 valence electrons. The standard InChI is InChI=1S/C21H22N2O3S2/c1-15-6-5-9-17(10-15)11-20(24)22-21-23(12-16-7-3-2-4-8-16)18-13-28(25,26)14-19(18)27-21/h2-10,18-19H,11-14H2,1H3. The third kappa shape index (κ3) is 4.31. The number of sulfone groups is 1. The van der Waals surface area contributed by atoms with Crippen LogP contribution in [0.25, 0.3) is 0 Å². The molecule has 0 N–H and O–H groups in total. The van der Waals surface area contributed by atoms with E-state index in [1.54, 1.807) is 0 Å². The lowest BCUT2D eigenvalue weighted by molar-refractivity contribution is -0.117. The Labute approximate surface area is 169 Å². The van der Waals surface area contributed by atoms with Crippen LogP contribution in [0.5, 0.6) is 0 Å². The van der Waals surface area contributed by atoms with Gasteiger partial charge in [0.15, 0.2) is 15.0 Å². The van der Waals surface area contributed by atoms with Gasteiger partial charge in [-0.25, -0.2) is 8.42 Å². The highest BCUT2D eigenvalue weighted by atomic mass is 32.2. The normalized spacial score (nSPS) is 24.5. The number of amides is 1. The third-order valence-electron chi connectivity index (χ3n) is 5.03. The summed E-state index contributed by atoms with van der Waals surface area (Å²) in [5.74, 6) is 0.0791. The Balaban J connectivity index is 1.57. The summed E-state index contributed by atoms with van der Waals surface area (Å²) in [5, 5.41) is 0.589. The zero-order valence-corrected chi connectivity index (χ0v) is 17.2. The molecule has 28 heavy (non-hydrogen) atoms. The van der Waals surface area contributed by atoms with E-state index in [9.17, 15) is 13.2 Å². The van der Waals surface area contributed by atoms with E-state index in [-0.39, 0.29) is 35.1 Å². The van der Waals surface area contributed by atoms with Crippen molar-refractivity contribution in [2.45, 2.75) is 31.2 Å². The van der Waals surface area contributed by atoms with Gasteiger partial charge >= 0.3 is 0 Å². The molecule has 2 atom stereocenters. The molecule has 2 aliphatic rings. The number of aryl methyl sites for hydroxylation is 1. The molecule has 2 saturated heterocycles. The summed E-state index contributed by atoms with van der Waals surface area (Å²) in [6, 6.07) is 17.6. The fourth-order valence-corrected chi connectivity index (χ4v) is 7.71. The van der Waals surface area contributed by atoms with Crippen molar-refractivity contribution in [3.8, 4) is 0 Å². The average Bonchev–Trinajstić information content (AvgIpc) is 3.08. The number of amidine groups is 1. The molecule has 0 spiro atoms. The predicted molar refractivity (Wildman–Crippen MR) is 113 cm³/mol. The molecule has 0 saturated carbocycles. The lowest BCUT2D eigenvalue weighted by Crippen LogP contribution is -2.37. The Morgan fingerprint density at radius 1 is 1.11 bits per heavy atom. The fraction of sp³-hybridized carbons (Fsp3) is 0.333. The van der Waals surface area contributed by atoms with Crippen molar-refractivity contribution in [3.63, 3.8) is 0 Å². The Kier molecular flexibility index (Phi) is 5.29. The van der Waals surface area contributed by atoms with E-state index in [0.717, 1.165) is 16.7 Å². The predicted octanol–water partition coefficient (Wildman–Crippen LogP) is 2.83. The van der Waals surface area contributed by atoms with Crippen molar-refractivity contribution in [3.05, 3.63) is 71.3 Å². The molecule has 0 aliphatic carbocycles. The van der Waals surface area contributed by atoms with Crippen molar-refractivity contribution in [1.82, 2.24) is 4.90 Å². The second kappa shape index (κ2) is 7.72. The minimum absolute atomic E-state index is 0.0563. The maximum atomic E-state index is 12.6. The fourth-order valence-electron chi connectivity index (χ4n) is 3.74. The maximum Gasteiger partial charge on any atom is 0.252 e. The number of nitrogens with zero attached hydrogens (tertiary/aromatic N) is 2. The van der Waals surface area contributed by atoms with Crippen LogP contribution in [0.1, 0.15) is 16.7 Å². The van der Waals surface area contributed by atoms with Gasteiger partial charge in [0.2, 0.25) is 0 Å². The third-order valence-corrected chi connectivity index (χ3v) is 8.28. The van der Waals surface area contributed by atoms with Gasteiger partial charge in [-0.3, -0.25) is 4.79 Å². The minimum Gasteiger partial charge on any atom is -0.342 e. The zero-order chi connectivity index (χ0) is 19.7. The SMILES string of the molecule is Cc1cccc(CC(=O)N=C2SC3CS(=O)(=O)CC3N2Cc2ccccc2)c1. The van der Waals surface area contributed by atoms with Crippen molar-refractivity contribution < 1.29 is 13.2 Å². The highest BCUT2D eigenvalue weighted by Crippen LogP contribution is 2.39. The van der Waals surface area contributed by atoms with E-state index in [1.165, 1.54) is 11.8 Å². The van der Waals surface area contributed by atoms with Gasteiger partial charge in [-0.15, -0.1) is 0 Å². The smallest absolute Gasteiger partial charge is 0.252 e. The van der Waals surface area contributed by atoms with Crippen LogP contribution in [-0.4, -0.2) is 47.2 Å². The molecular weight excluding hydrogens is 392 g/mol. The van der Waals surface area contributed by atoms with Crippen LogP contribution in [0.3, 0.4) is 0 Å². The molecule has 2 aromatic rings. The summed E-state index contributed by atoms with van der Waals surface area (Å²) in [6.07, 6.45) is 0.249. The largest absolute Gasteiger partial charge is 0.342 e. The van der Waals surface area contributed by atoms with E-state index >= 15 is 0 Å². The van der Waals surface area contributed by atoms with Gasteiger partial charge in [-0.1, -0.05) is 71.9 Å². The molecule has 5 nitrogen and oxygen atoms in total. The zero-order valence-electron chi connectivity index (χ0n) is 15.6. The molecule has 4 rings (SSSR count). The molecule has 2 fully saturated rings. The van der Waals surface area contributed by atoms with Gasteiger partial charge in [0.1, 0.15) is 0 Å². The van der Waals surface area contributed by atoms with E-state index in [0.29, 0.717) is 11.7 Å². The molecule has 0 radical (unpaired) electrons. The first-order chi connectivity index (χ1) is 13.4. The van der Waals surface area contributed by atoms with Crippen LogP contribution < -0.4 is 0 Å². The maximum absolute atomic E-state index is 12.6. The highest BCUT2D eigenvalue weighted by Gasteiger charge is 2.48. The van der Waals surface area contributed by atoms with E-state index in [4.69, 9.17) is 0 Å². The molecule has 0 bridgehead atoms. The number of fused-ring (bicyclic) bond motifs is 1. The van der Waals surface area contributed by atoms with Crippen LogP contribution in [0.2, 0.25) is 0 Å². The monoisotopic (exact) mass is 414 g/mol. The summed E-state index contributed by atoms with van der Waals surface area (Å²) in [4.78, 5) is 19.0. The lowest BCUT2D eigenvalue weighted by Gasteiger charge is -2.24. The van der Waals surface area contributed by atoms with Gasteiger partial charge in [0.25, 0.3) is 5.91 Å². The lowest BCUT2D eigenvalue weighted by atomic mass is 10.1. The Morgan fingerprint density at radius 3 is 2.61 bits per heavy atom. The number of carbonyl (C=O) groups excluding carboxylic acids is 1. The number of rotatable bonds is 4. The Bertz CT molecular complexity index is 1020. The van der Waals surface area contributed by atoms with Gasteiger partial charge in [0.05, 0.1) is 24.0 Å². The topological polar surface area (TPSA) is 66.8 Å². The van der Waals surface area contributed by atoms with Crippen LogP contribution in [0.15, 0.2) is 59.6 Å². The van der Waals surface area contributed by atoms with E-state index < -0.39 is 9.84 Å². The van der Waals surface area contributed by atoms with Crippen LogP contribution in [0, 0.1) is 6.92 Å². The Hall–Kier alpha value is -2.12. The quantitative estimate of drug-likeness (QED) is 0.770. The number of aliphatic imine (C=N–C) groups is 1. The van der Waals surface area contributed by atoms with Gasteiger partial charge in [-0.05, 0) is 18.1 Å². The summed E-state index contributed by atoms with van der Waals surface area (Å²) >= 11 is 1.43. The number of thioether (sulfide) groups is 1. The van der Waals surface area contributed by atoms with Crippen LogP contribution >= 0.6 is 11.8 Å². The van der Waals surface area contributed by atoms with E-state index in [1.807, 2.05) is 66.4 Å².